The number of sulfonamides is 1. The summed E-state index contributed by atoms with van der Waals surface area (Å²) in [7, 11) is -3.63. The third-order valence-corrected chi connectivity index (χ3v) is 6.21. The van der Waals surface area contributed by atoms with Gasteiger partial charge in [0, 0.05) is 24.2 Å². The molecule has 2 aromatic carbocycles. The zero-order valence-corrected chi connectivity index (χ0v) is 16.0. The summed E-state index contributed by atoms with van der Waals surface area (Å²) in [5.74, 6) is 1.80. The smallest absolute Gasteiger partial charge is 0.261 e. The van der Waals surface area contributed by atoms with E-state index in [4.69, 9.17) is 0 Å². The van der Waals surface area contributed by atoms with E-state index in [-0.39, 0.29) is 4.90 Å². The van der Waals surface area contributed by atoms with Crippen molar-refractivity contribution in [1.82, 2.24) is 14.8 Å². The van der Waals surface area contributed by atoms with Crippen LogP contribution in [-0.4, -0.2) is 23.2 Å². The summed E-state index contributed by atoms with van der Waals surface area (Å²) in [6.07, 6.45) is 4.37. The monoisotopic (exact) mass is 382 g/mol. The van der Waals surface area contributed by atoms with Gasteiger partial charge in [-0.3, -0.25) is 4.72 Å². The number of nitrogens with one attached hydrogen (secondary N) is 1. The molecule has 27 heavy (non-hydrogen) atoms. The summed E-state index contributed by atoms with van der Waals surface area (Å²) in [5, 5.41) is 8.68. The van der Waals surface area contributed by atoms with Crippen LogP contribution in [0, 0.1) is 6.92 Å². The Bertz CT molecular complexity index is 1060. The third-order valence-electron chi connectivity index (χ3n) is 4.81. The van der Waals surface area contributed by atoms with Gasteiger partial charge in [0.1, 0.15) is 5.82 Å². The molecule has 1 N–H and O–H groups in total. The number of hydrogen-bond acceptors (Lipinski definition) is 4. The lowest BCUT2D eigenvalue weighted by atomic mass is 10.2. The van der Waals surface area contributed by atoms with E-state index in [9.17, 15) is 8.42 Å². The second kappa shape index (κ2) is 7.15. The molecule has 6 nitrogen and oxygen atoms in total. The van der Waals surface area contributed by atoms with Crippen LogP contribution in [0.3, 0.4) is 0 Å². The van der Waals surface area contributed by atoms with Crippen LogP contribution in [-0.2, 0) is 23.0 Å². The van der Waals surface area contributed by atoms with Crippen molar-refractivity contribution in [3.8, 4) is 11.4 Å². The van der Waals surface area contributed by atoms with Gasteiger partial charge in [-0.25, -0.2) is 8.42 Å². The molecule has 1 aliphatic rings. The summed E-state index contributed by atoms with van der Waals surface area (Å²) in [4.78, 5) is 0.245. The van der Waals surface area contributed by atoms with E-state index in [0.717, 1.165) is 48.6 Å². The van der Waals surface area contributed by atoms with Crippen molar-refractivity contribution in [3.05, 3.63) is 59.9 Å². The van der Waals surface area contributed by atoms with Gasteiger partial charge >= 0.3 is 0 Å². The molecule has 4 rings (SSSR count). The number of fused-ring (bicyclic) bond motifs is 1. The van der Waals surface area contributed by atoms with Crippen molar-refractivity contribution >= 4 is 15.7 Å². The van der Waals surface area contributed by atoms with Crippen molar-refractivity contribution in [2.24, 2.45) is 0 Å². The number of nitrogens with zero attached hydrogens (tertiary/aromatic N) is 3. The molecule has 140 valence electrons. The fourth-order valence-corrected chi connectivity index (χ4v) is 4.40. The quantitative estimate of drug-likeness (QED) is 0.745. The average molecular weight is 382 g/mol. The van der Waals surface area contributed by atoms with E-state index in [1.54, 1.807) is 30.3 Å². The SMILES string of the molecule is Cc1ccc(S(=O)(=O)Nc2cccc(-c3nnc4n3CCCCC4)c2)cc1. The van der Waals surface area contributed by atoms with Gasteiger partial charge in [0.15, 0.2) is 5.82 Å². The molecule has 0 radical (unpaired) electrons. The van der Waals surface area contributed by atoms with Crippen LogP contribution in [0.15, 0.2) is 53.4 Å². The molecule has 1 aromatic heterocycles. The Morgan fingerprint density at radius 2 is 1.81 bits per heavy atom. The number of hydrogen-bond donors (Lipinski definition) is 1. The first-order chi connectivity index (χ1) is 13.0. The Morgan fingerprint density at radius 1 is 1.00 bits per heavy atom. The molecule has 0 bridgehead atoms. The summed E-state index contributed by atoms with van der Waals surface area (Å²) in [6, 6.07) is 14.1. The standard InChI is InChI=1S/C20H22N4O2S/c1-15-9-11-18(12-10-15)27(25,26)23-17-7-5-6-16(14-17)20-22-21-19-8-3-2-4-13-24(19)20/h5-7,9-12,14,23H,2-4,8,13H2,1H3. The molecule has 3 aromatic rings. The maximum atomic E-state index is 12.6. The Morgan fingerprint density at radius 3 is 2.63 bits per heavy atom. The van der Waals surface area contributed by atoms with Gasteiger partial charge in [-0.15, -0.1) is 10.2 Å². The Hall–Kier alpha value is -2.67. The minimum absolute atomic E-state index is 0.245. The fourth-order valence-electron chi connectivity index (χ4n) is 3.35. The summed E-state index contributed by atoms with van der Waals surface area (Å²) in [6.45, 7) is 2.83. The van der Waals surface area contributed by atoms with Gasteiger partial charge < -0.3 is 4.57 Å². The lowest BCUT2D eigenvalue weighted by Crippen LogP contribution is -2.13. The highest BCUT2D eigenvalue weighted by Crippen LogP contribution is 2.26. The first kappa shape index (κ1) is 17.7. The van der Waals surface area contributed by atoms with Crippen molar-refractivity contribution in [3.63, 3.8) is 0 Å². The highest BCUT2D eigenvalue weighted by molar-refractivity contribution is 7.92. The average Bonchev–Trinajstić information content (AvgIpc) is 2.90. The van der Waals surface area contributed by atoms with Gasteiger partial charge in [-0.1, -0.05) is 36.2 Å². The van der Waals surface area contributed by atoms with Crippen molar-refractivity contribution in [2.75, 3.05) is 4.72 Å². The topological polar surface area (TPSA) is 76.9 Å². The molecule has 0 fully saturated rings. The van der Waals surface area contributed by atoms with Crippen LogP contribution in [0.4, 0.5) is 5.69 Å². The van der Waals surface area contributed by atoms with Crippen molar-refractivity contribution in [1.29, 1.82) is 0 Å². The molecule has 0 aliphatic carbocycles. The van der Waals surface area contributed by atoms with E-state index in [0.29, 0.717) is 5.69 Å². The number of anilines is 1. The van der Waals surface area contributed by atoms with Gasteiger partial charge in [0.05, 0.1) is 4.90 Å². The lowest BCUT2D eigenvalue weighted by molar-refractivity contribution is 0.601. The van der Waals surface area contributed by atoms with Crippen LogP contribution in [0.25, 0.3) is 11.4 Å². The summed E-state index contributed by atoms with van der Waals surface area (Å²) >= 11 is 0. The second-order valence-electron chi connectivity index (χ2n) is 6.90. The molecule has 0 amide bonds. The fraction of sp³-hybridized carbons (Fsp3) is 0.300. The summed E-state index contributed by atoms with van der Waals surface area (Å²) in [5.41, 5.74) is 2.39. The second-order valence-corrected chi connectivity index (χ2v) is 8.58. The third kappa shape index (κ3) is 3.73. The van der Waals surface area contributed by atoms with Gasteiger partial charge in [-0.2, -0.15) is 0 Å². The van der Waals surface area contributed by atoms with Crippen LogP contribution in [0.5, 0.6) is 0 Å². The number of benzene rings is 2. The highest BCUT2D eigenvalue weighted by atomic mass is 32.2. The summed E-state index contributed by atoms with van der Waals surface area (Å²) < 4.78 is 30.1. The zero-order valence-electron chi connectivity index (χ0n) is 15.2. The molecule has 0 atom stereocenters. The molecule has 0 spiro atoms. The molecule has 1 aliphatic heterocycles. The molecular weight excluding hydrogens is 360 g/mol. The lowest BCUT2D eigenvalue weighted by Gasteiger charge is -2.11. The predicted molar refractivity (Wildman–Crippen MR) is 105 cm³/mol. The largest absolute Gasteiger partial charge is 0.311 e. The highest BCUT2D eigenvalue weighted by Gasteiger charge is 2.18. The van der Waals surface area contributed by atoms with E-state index in [2.05, 4.69) is 19.5 Å². The molecule has 0 saturated carbocycles. The Labute approximate surface area is 159 Å². The maximum absolute atomic E-state index is 12.6. The van der Waals surface area contributed by atoms with Gasteiger partial charge in [0.25, 0.3) is 10.0 Å². The molecule has 0 saturated heterocycles. The Kier molecular flexibility index (Phi) is 4.70. The first-order valence-corrected chi connectivity index (χ1v) is 10.6. The first-order valence-electron chi connectivity index (χ1n) is 9.15. The Balaban J connectivity index is 1.64. The minimum atomic E-state index is -3.63. The molecular formula is C20H22N4O2S. The van der Waals surface area contributed by atoms with Crippen molar-refractivity contribution < 1.29 is 8.42 Å². The number of aryl methyl sites for hydroxylation is 2. The van der Waals surface area contributed by atoms with E-state index in [1.165, 1.54) is 6.42 Å². The van der Waals surface area contributed by atoms with Gasteiger partial charge in [0.2, 0.25) is 0 Å². The van der Waals surface area contributed by atoms with Crippen LogP contribution in [0.1, 0.15) is 30.7 Å². The van der Waals surface area contributed by atoms with E-state index < -0.39 is 10.0 Å². The van der Waals surface area contributed by atoms with Crippen LogP contribution < -0.4 is 4.72 Å². The number of aromatic nitrogens is 3. The molecule has 2 heterocycles. The molecule has 0 unspecified atom stereocenters. The van der Waals surface area contributed by atoms with Crippen LogP contribution >= 0.6 is 0 Å². The zero-order chi connectivity index (χ0) is 18.9. The van der Waals surface area contributed by atoms with E-state index >= 15 is 0 Å². The van der Waals surface area contributed by atoms with Crippen molar-refractivity contribution in [2.45, 2.75) is 44.0 Å². The maximum Gasteiger partial charge on any atom is 0.261 e. The number of rotatable bonds is 4. The van der Waals surface area contributed by atoms with E-state index in [1.807, 2.05) is 25.1 Å². The normalized spacial score (nSPS) is 14.4. The molecule has 7 heteroatoms. The predicted octanol–water partition coefficient (Wildman–Crippen LogP) is 3.78. The van der Waals surface area contributed by atoms with Gasteiger partial charge in [-0.05, 0) is 44.0 Å². The minimum Gasteiger partial charge on any atom is -0.311 e. The van der Waals surface area contributed by atoms with Crippen LogP contribution in [0.2, 0.25) is 0 Å².